The molecule has 6 nitrogen and oxygen atoms in total. The summed E-state index contributed by atoms with van der Waals surface area (Å²) in [5.41, 5.74) is 0.914. The molecule has 0 aliphatic rings. The maximum Gasteiger partial charge on any atom is 0.308 e. The largest absolute Gasteiger partial charge is 0.497 e. The van der Waals surface area contributed by atoms with Gasteiger partial charge in [0.05, 0.1) is 13.0 Å². The topological polar surface area (TPSA) is 84.9 Å². The molecule has 25 heavy (non-hydrogen) atoms. The second kappa shape index (κ2) is 9.32. The highest BCUT2D eigenvalue weighted by Crippen LogP contribution is 2.18. The maximum atomic E-state index is 11.9. The first-order valence-corrected chi connectivity index (χ1v) is 7.88. The molecule has 2 aromatic carbocycles. The van der Waals surface area contributed by atoms with Crippen LogP contribution in [0.25, 0.3) is 0 Å². The average Bonchev–Trinajstić information content (AvgIpc) is 2.64. The van der Waals surface area contributed by atoms with E-state index in [2.05, 4.69) is 5.32 Å². The van der Waals surface area contributed by atoms with Gasteiger partial charge < -0.3 is 19.9 Å². The lowest BCUT2D eigenvalue weighted by Gasteiger charge is -2.14. The Bertz CT molecular complexity index is 702. The Kier molecular flexibility index (Phi) is 6.83. The number of carbonyl (C=O) groups excluding carboxylic acids is 1. The van der Waals surface area contributed by atoms with Crippen LogP contribution in [0.2, 0.25) is 0 Å². The molecule has 0 saturated carbocycles. The SMILES string of the molecule is COc1cccc(OCC(=O)NCC(Cc2ccccc2)C(=O)O)c1. The number of amides is 1. The summed E-state index contributed by atoms with van der Waals surface area (Å²) in [5, 5.41) is 11.9. The van der Waals surface area contributed by atoms with Crippen LogP contribution in [-0.4, -0.2) is 37.2 Å². The first-order valence-electron chi connectivity index (χ1n) is 7.88. The molecule has 1 amide bonds. The number of methoxy groups -OCH3 is 1. The molecule has 0 bridgehead atoms. The van der Waals surface area contributed by atoms with Crippen LogP contribution < -0.4 is 14.8 Å². The lowest BCUT2D eigenvalue weighted by atomic mass is 9.99. The summed E-state index contributed by atoms with van der Waals surface area (Å²) in [6, 6.07) is 16.2. The number of rotatable bonds is 9. The number of carboxylic acid groups (broad SMARTS) is 1. The van der Waals surface area contributed by atoms with E-state index in [-0.39, 0.29) is 19.1 Å². The van der Waals surface area contributed by atoms with Gasteiger partial charge in [0, 0.05) is 12.6 Å². The van der Waals surface area contributed by atoms with E-state index in [1.165, 1.54) is 0 Å². The maximum absolute atomic E-state index is 11.9. The zero-order chi connectivity index (χ0) is 18.1. The van der Waals surface area contributed by atoms with Gasteiger partial charge >= 0.3 is 5.97 Å². The van der Waals surface area contributed by atoms with Gasteiger partial charge in [0.25, 0.3) is 5.91 Å². The molecule has 2 rings (SSSR count). The second-order valence-electron chi connectivity index (χ2n) is 5.50. The smallest absolute Gasteiger partial charge is 0.308 e. The van der Waals surface area contributed by atoms with Gasteiger partial charge in [-0.05, 0) is 24.1 Å². The van der Waals surface area contributed by atoms with Crippen LogP contribution in [0.3, 0.4) is 0 Å². The molecule has 0 aliphatic carbocycles. The van der Waals surface area contributed by atoms with Gasteiger partial charge in [0.1, 0.15) is 11.5 Å². The lowest BCUT2D eigenvalue weighted by molar-refractivity contribution is -0.141. The van der Waals surface area contributed by atoms with E-state index in [0.717, 1.165) is 5.56 Å². The molecule has 132 valence electrons. The Morgan fingerprint density at radius 1 is 1.08 bits per heavy atom. The van der Waals surface area contributed by atoms with Crippen LogP contribution >= 0.6 is 0 Å². The molecule has 1 unspecified atom stereocenters. The van der Waals surface area contributed by atoms with Crippen molar-refractivity contribution in [2.75, 3.05) is 20.3 Å². The minimum Gasteiger partial charge on any atom is -0.497 e. The van der Waals surface area contributed by atoms with Gasteiger partial charge in [-0.2, -0.15) is 0 Å². The van der Waals surface area contributed by atoms with Gasteiger partial charge in [-0.25, -0.2) is 0 Å². The van der Waals surface area contributed by atoms with Crippen molar-refractivity contribution >= 4 is 11.9 Å². The minimum absolute atomic E-state index is 0.0462. The van der Waals surface area contributed by atoms with Crippen molar-refractivity contribution < 1.29 is 24.2 Å². The zero-order valence-corrected chi connectivity index (χ0v) is 14.0. The molecule has 1 atom stereocenters. The molecule has 6 heteroatoms. The van der Waals surface area contributed by atoms with Crippen molar-refractivity contribution in [3.8, 4) is 11.5 Å². The fourth-order valence-corrected chi connectivity index (χ4v) is 2.27. The van der Waals surface area contributed by atoms with E-state index >= 15 is 0 Å². The predicted molar refractivity (Wildman–Crippen MR) is 92.8 cm³/mol. The first kappa shape index (κ1) is 18.3. The molecular formula is C19H21NO5. The van der Waals surface area contributed by atoms with E-state index in [4.69, 9.17) is 9.47 Å². The Morgan fingerprint density at radius 2 is 1.80 bits per heavy atom. The highest BCUT2D eigenvalue weighted by molar-refractivity contribution is 5.78. The number of hydrogen-bond donors (Lipinski definition) is 2. The Labute approximate surface area is 146 Å². The number of nitrogens with one attached hydrogen (secondary N) is 1. The molecule has 0 spiro atoms. The lowest BCUT2D eigenvalue weighted by Crippen LogP contribution is -2.36. The quantitative estimate of drug-likeness (QED) is 0.729. The van der Waals surface area contributed by atoms with Gasteiger partial charge in [0.15, 0.2) is 6.61 Å². The van der Waals surface area contributed by atoms with Crippen molar-refractivity contribution in [3.63, 3.8) is 0 Å². The first-order chi connectivity index (χ1) is 12.1. The monoisotopic (exact) mass is 343 g/mol. The van der Waals surface area contributed by atoms with Gasteiger partial charge in [-0.1, -0.05) is 36.4 Å². The molecule has 0 heterocycles. The van der Waals surface area contributed by atoms with E-state index in [1.54, 1.807) is 31.4 Å². The van der Waals surface area contributed by atoms with Crippen LogP contribution in [0.1, 0.15) is 5.56 Å². The Morgan fingerprint density at radius 3 is 2.48 bits per heavy atom. The van der Waals surface area contributed by atoms with E-state index < -0.39 is 11.9 Å². The average molecular weight is 343 g/mol. The number of aliphatic carboxylic acids is 1. The zero-order valence-electron chi connectivity index (χ0n) is 14.0. The number of carbonyl (C=O) groups is 2. The van der Waals surface area contributed by atoms with E-state index in [9.17, 15) is 14.7 Å². The summed E-state index contributed by atoms with van der Waals surface area (Å²) in [6.07, 6.45) is 0.354. The molecular weight excluding hydrogens is 322 g/mol. The van der Waals surface area contributed by atoms with Gasteiger partial charge in [-0.15, -0.1) is 0 Å². The molecule has 2 N–H and O–H groups in total. The van der Waals surface area contributed by atoms with Gasteiger partial charge in [-0.3, -0.25) is 9.59 Å². The van der Waals surface area contributed by atoms with Crippen LogP contribution in [0.5, 0.6) is 11.5 Å². The van der Waals surface area contributed by atoms with Crippen LogP contribution in [0.15, 0.2) is 54.6 Å². The van der Waals surface area contributed by atoms with Crippen LogP contribution in [-0.2, 0) is 16.0 Å². The molecule has 0 aliphatic heterocycles. The molecule has 0 radical (unpaired) electrons. The molecule has 0 fully saturated rings. The standard InChI is InChI=1S/C19H21NO5/c1-24-16-8-5-9-17(11-16)25-13-18(21)20-12-15(19(22)23)10-14-6-3-2-4-7-14/h2-9,11,15H,10,12-13H2,1H3,(H,20,21)(H,22,23). The highest BCUT2D eigenvalue weighted by atomic mass is 16.5. The van der Waals surface area contributed by atoms with Crippen molar-refractivity contribution in [1.29, 1.82) is 0 Å². The molecule has 0 aromatic heterocycles. The predicted octanol–water partition coefficient (Wildman–Crippen LogP) is 2.13. The third kappa shape index (κ3) is 6.18. The highest BCUT2D eigenvalue weighted by Gasteiger charge is 2.19. The Hall–Kier alpha value is -3.02. The Balaban J connectivity index is 1.81. The fraction of sp³-hybridized carbons (Fsp3) is 0.263. The van der Waals surface area contributed by atoms with Crippen molar-refractivity contribution in [1.82, 2.24) is 5.32 Å². The van der Waals surface area contributed by atoms with Crippen LogP contribution in [0.4, 0.5) is 0 Å². The minimum atomic E-state index is -0.946. The number of ether oxygens (including phenoxy) is 2. The number of carboxylic acids is 1. The third-order valence-corrected chi connectivity index (χ3v) is 3.63. The summed E-state index contributed by atoms with van der Waals surface area (Å²) < 4.78 is 10.5. The fourth-order valence-electron chi connectivity index (χ4n) is 2.27. The molecule has 0 saturated heterocycles. The summed E-state index contributed by atoms with van der Waals surface area (Å²) in [6.45, 7) is -0.143. The van der Waals surface area contributed by atoms with E-state index in [0.29, 0.717) is 17.9 Å². The number of benzene rings is 2. The van der Waals surface area contributed by atoms with Crippen LogP contribution in [0, 0.1) is 5.92 Å². The van der Waals surface area contributed by atoms with Crippen molar-refractivity contribution in [2.24, 2.45) is 5.92 Å². The summed E-state index contributed by atoms with van der Waals surface area (Å²) in [7, 11) is 1.55. The third-order valence-electron chi connectivity index (χ3n) is 3.63. The normalized spacial score (nSPS) is 11.4. The van der Waals surface area contributed by atoms with Crippen molar-refractivity contribution in [2.45, 2.75) is 6.42 Å². The number of hydrogen-bond acceptors (Lipinski definition) is 4. The van der Waals surface area contributed by atoms with E-state index in [1.807, 2.05) is 30.3 Å². The van der Waals surface area contributed by atoms with Crippen molar-refractivity contribution in [3.05, 3.63) is 60.2 Å². The van der Waals surface area contributed by atoms with Gasteiger partial charge in [0.2, 0.25) is 0 Å². The second-order valence-corrected chi connectivity index (χ2v) is 5.50. The summed E-state index contributed by atoms with van der Waals surface area (Å²) >= 11 is 0. The summed E-state index contributed by atoms with van der Waals surface area (Å²) in [5.74, 6) is -0.872. The summed E-state index contributed by atoms with van der Waals surface area (Å²) in [4.78, 5) is 23.3. The molecule has 2 aromatic rings.